The van der Waals surface area contributed by atoms with Crippen LogP contribution in [0.2, 0.25) is 5.02 Å². The zero-order valence-corrected chi connectivity index (χ0v) is 12.0. The van der Waals surface area contributed by atoms with Gasteiger partial charge in [-0.1, -0.05) is 11.6 Å². The largest absolute Gasteiger partial charge is 0.407 e. The number of anilines is 1. The summed E-state index contributed by atoms with van der Waals surface area (Å²) in [6, 6.07) is 2.43. The second kappa shape index (κ2) is 4.51. The highest BCUT2D eigenvalue weighted by atomic mass is 35.5. The summed E-state index contributed by atoms with van der Waals surface area (Å²) in [6.07, 6.45) is -5.17. The molecule has 0 unspecified atom stereocenters. The van der Waals surface area contributed by atoms with E-state index >= 15 is 0 Å². The number of benzene rings is 1. The topological polar surface area (TPSA) is 72.2 Å². The van der Waals surface area contributed by atoms with Crippen LogP contribution >= 0.6 is 11.6 Å². The first-order chi connectivity index (χ1) is 8.98. The highest BCUT2D eigenvalue weighted by Gasteiger charge is 2.65. The van der Waals surface area contributed by atoms with Crippen LogP contribution in [0.25, 0.3) is 0 Å². The van der Waals surface area contributed by atoms with Crippen molar-refractivity contribution in [3.63, 3.8) is 0 Å². The lowest BCUT2D eigenvalue weighted by Crippen LogP contribution is -2.47. The maximum atomic E-state index is 12.8. The molecule has 0 aromatic heterocycles. The van der Waals surface area contributed by atoms with Gasteiger partial charge in [0.05, 0.1) is 4.90 Å². The molecule has 20 heavy (non-hydrogen) atoms. The van der Waals surface area contributed by atoms with Crippen molar-refractivity contribution in [2.75, 3.05) is 5.73 Å². The molecular weight excluding hydrogens is 317 g/mol. The lowest BCUT2D eigenvalue weighted by molar-refractivity contribution is -0.160. The monoisotopic (exact) mass is 328 g/mol. The molecule has 0 bridgehead atoms. The summed E-state index contributed by atoms with van der Waals surface area (Å²) in [6.45, 7) is 1.41. The number of halogens is 4. The van der Waals surface area contributed by atoms with Crippen LogP contribution < -0.4 is 10.5 Å². The van der Waals surface area contributed by atoms with Gasteiger partial charge in [0.15, 0.2) is 0 Å². The number of nitrogen functional groups attached to an aromatic ring is 1. The van der Waals surface area contributed by atoms with Gasteiger partial charge in [-0.3, -0.25) is 0 Å². The summed E-state index contributed by atoms with van der Waals surface area (Å²) in [4.78, 5) is -0.335. The number of sulfonamides is 1. The molecule has 0 aliphatic heterocycles. The van der Waals surface area contributed by atoms with E-state index in [1.165, 1.54) is 13.0 Å². The molecule has 9 heteroatoms. The Labute approximate surface area is 119 Å². The molecule has 0 spiro atoms. The van der Waals surface area contributed by atoms with Crippen molar-refractivity contribution in [3.8, 4) is 0 Å². The van der Waals surface area contributed by atoms with Crippen LogP contribution in [0, 0.1) is 6.92 Å². The Morgan fingerprint density at radius 2 is 1.90 bits per heavy atom. The standard InChI is InChI=1S/C11H12ClF3N2O2S/c1-6-8(16)4-7(12)5-9(6)20(18,19)17-10(2-3-10)11(13,14)15/h4-5,17H,2-3,16H2,1H3. The highest BCUT2D eigenvalue weighted by Crippen LogP contribution is 2.49. The predicted octanol–water partition coefficient (Wildman–Crippen LogP) is 2.60. The molecule has 0 saturated heterocycles. The molecule has 1 aliphatic carbocycles. The molecule has 0 radical (unpaired) electrons. The van der Waals surface area contributed by atoms with Gasteiger partial charge in [-0.15, -0.1) is 0 Å². The second-order valence-electron chi connectivity index (χ2n) is 4.80. The minimum absolute atomic E-state index is 0.0466. The first kappa shape index (κ1) is 15.4. The van der Waals surface area contributed by atoms with Crippen LogP contribution in [0.15, 0.2) is 17.0 Å². The molecule has 0 amide bonds. The smallest absolute Gasteiger partial charge is 0.398 e. The van der Waals surface area contributed by atoms with E-state index in [1.54, 1.807) is 4.72 Å². The van der Waals surface area contributed by atoms with Gasteiger partial charge in [0, 0.05) is 10.7 Å². The summed E-state index contributed by atoms with van der Waals surface area (Å²) in [7, 11) is -4.35. The van der Waals surface area contributed by atoms with Crippen molar-refractivity contribution >= 4 is 27.3 Å². The molecule has 0 heterocycles. The number of rotatable bonds is 3. The first-order valence-electron chi connectivity index (χ1n) is 5.65. The molecule has 0 atom stereocenters. The zero-order chi connectivity index (χ0) is 15.3. The van der Waals surface area contributed by atoms with Crippen LogP contribution in [0.3, 0.4) is 0 Å². The van der Waals surface area contributed by atoms with E-state index in [-0.39, 0.29) is 34.0 Å². The van der Waals surface area contributed by atoms with Gasteiger partial charge >= 0.3 is 6.18 Å². The van der Waals surface area contributed by atoms with Gasteiger partial charge in [-0.05, 0) is 37.5 Å². The lowest BCUT2D eigenvalue weighted by atomic mass is 10.2. The van der Waals surface area contributed by atoms with Crippen LogP contribution in [0.4, 0.5) is 18.9 Å². The lowest BCUT2D eigenvalue weighted by Gasteiger charge is -2.21. The van der Waals surface area contributed by atoms with Crippen LogP contribution in [-0.2, 0) is 10.0 Å². The summed E-state index contributed by atoms with van der Waals surface area (Å²) in [5.41, 5.74) is 3.49. The number of nitrogens with one attached hydrogen (secondary N) is 1. The predicted molar refractivity (Wildman–Crippen MR) is 68.9 cm³/mol. The number of hydrogen-bond acceptors (Lipinski definition) is 3. The Morgan fingerprint density at radius 3 is 2.35 bits per heavy atom. The van der Waals surface area contributed by atoms with E-state index in [0.717, 1.165) is 6.07 Å². The van der Waals surface area contributed by atoms with E-state index in [9.17, 15) is 21.6 Å². The second-order valence-corrected chi connectivity index (χ2v) is 6.89. The molecule has 1 aromatic rings. The van der Waals surface area contributed by atoms with Gasteiger partial charge in [-0.2, -0.15) is 17.9 Å². The summed E-state index contributed by atoms with van der Waals surface area (Å²) < 4.78 is 64.5. The molecule has 1 saturated carbocycles. The van der Waals surface area contributed by atoms with E-state index in [1.807, 2.05) is 0 Å². The van der Waals surface area contributed by atoms with Crippen molar-refractivity contribution in [1.29, 1.82) is 0 Å². The fraction of sp³-hybridized carbons (Fsp3) is 0.455. The van der Waals surface area contributed by atoms with E-state index in [4.69, 9.17) is 17.3 Å². The number of alkyl halides is 3. The number of nitrogens with two attached hydrogens (primary N) is 1. The van der Waals surface area contributed by atoms with E-state index in [0.29, 0.717) is 0 Å². The third-order valence-corrected chi connectivity index (χ3v) is 5.16. The SMILES string of the molecule is Cc1c(N)cc(Cl)cc1S(=O)(=O)NC1(C(F)(F)F)CC1. The molecule has 2 rings (SSSR count). The van der Waals surface area contributed by atoms with Gasteiger partial charge in [0.25, 0.3) is 0 Å². The summed E-state index contributed by atoms with van der Waals surface area (Å²) >= 11 is 5.71. The molecule has 1 aromatic carbocycles. The third-order valence-electron chi connectivity index (χ3n) is 3.28. The van der Waals surface area contributed by atoms with Crippen molar-refractivity contribution in [1.82, 2.24) is 4.72 Å². The average molecular weight is 329 g/mol. The Hall–Kier alpha value is -0.990. The Kier molecular flexibility index (Phi) is 3.47. The van der Waals surface area contributed by atoms with E-state index < -0.39 is 21.7 Å². The minimum Gasteiger partial charge on any atom is -0.398 e. The maximum Gasteiger partial charge on any atom is 0.407 e. The van der Waals surface area contributed by atoms with Gasteiger partial charge in [0.2, 0.25) is 10.0 Å². The fourth-order valence-electron chi connectivity index (χ4n) is 1.83. The van der Waals surface area contributed by atoms with E-state index in [2.05, 4.69) is 0 Å². The first-order valence-corrected chi connectivity index (χ1v) is 7.51. The maximum absolute atomic E-state index is 12.8. The van der Waals surface area contributed by atoms with Crippen molar-refractivity contribution in [3.05, 3.63) is 22.7 Å². The Morgan fingerprint density at radius 1 is 1.35 bits per heavy atom. The average Bonchev–Trinajstić information content (AvgIpc) is 3.02. The Bertz CT molecular complexity index is 654. The van der Waals surface area contributed by atoms with Gasteiger partial charge in [-0.25, -0.2) is 8.42 Å². The van der Waals surface area contributed by atoms with Crippen molar-refractivity contribution < 1.29 is 21.6 Å². The normalized spacial score (nSPS) is 18.1. The molecule has 4 nitrogen and oxygen atoms in total. The molecule has 1 fully saturated rings. The highest BCUT2D eigenvalue weighted by molar-refractivity contribution is 7.89. The fourth-order valence-corrected chi connectivity index (χ4v) is 3.87. The van der Waals surface area contributed by atoms with Crippen LogP contribution in [0.1, 0.15) is 18.4 Å². The third kappa shape index (κ3) is 2.59. The van der Waals surface area contributed by atoms with Gasteiger partial charge < -0.3 is 5.73 Å². The zero-order valence-electron chi connectivity index (χ0n) is 10.4. The molecule has 3 N–H and O–H groups in total. The Balaban J connectivity index is 2.43. The number of hydrogen-bond donors (Lipinski definition) is 2. The van der Waals surface area contributed by atoms with Crippen molar-refractivity contribution in [2.45, 2.75) is 36.4 Å². The van der Waals surface area contributed by atoms with Crippen LogP contribution in [-0.4, -0.2) is 20.1 Å². The van der Waals surface area contributed by atoms with Crippen molar-refractivity contribution in [2.24, 2.45) is 0 Å². The molecule has 112 valence electrons. The summed E-state index contributed by atoms with van der Waals surface area (Å²) in [5, 5.41) is 0.0466. The molecular formula is C11H12ClF3N2O2S. The van der Waals surface area contributed by atoms with Gasteiger partial charge in [0.1, 0.15) is 5.54 Å². The quantitative estimate of drug-likeness (QED) is 0.838. The minimum atomic E-state index is -4.63. The summed E-state index contributed by atoms with van der Waals surface area (Å²) in [5.74, 6) is 0. The van der Waals surface area contributed by atoms with Crippen LogP contribution in [0.5, 0.6) is 0 Å². The molecule has 1 aliphatic rings.